The Morgan fingerprint density at radius 3 is 2.15 bits per heavy atom. The number of hydrogen-bond acceptors (Lipinski definition) is 4. The summed E-state index contributed by atoms with van der Waals surface area (Å²) in [7, 11) is 2.75. The molecular formula is C13H15F3O4. The Balaban J connectivity index is 2.25. The van der Waals surface area contributed by atoms with Crippen LogP contribution in [0.4, 0.5) is 13.2 Å². The summed E-state index contributed by atoms with van der Waals surface area (Å²) in [6.07, 6.45) is -6.80. The number of halogens is 3. The lowest BCUT2D eigenvalue weighted by Crippen LogP contribution is -2.25. The highest BCUT2D eigenvalue weighted by molar-refractivity contribution is 5.39. The Kier molecular flexibility index (Phi) is 4.39. The molecule has 0 saturated carbocycles. The molecule has 0 aromatic heterocycles. The summed E-state index contributed by atoms with van der Waals surface area (Å²) in [5.74, 6) is 0.555. The van der Waals surface area contributed by atoms with Gasteiger partial charge in [-0.3, -0.25) is 0 Å². The summed E-state index contributed by atoms with van der Waals surface area (Å²) in [5, 5.41) is 0. The fraction of sp³-hybridized carbons (Fsp3) is 0.538. The molecule has 2 atom stereocenters. The van der Waals surface area contributed by atoms with Gasteiger partial charge in [0.2, 0.25) is 0 Å². The van der Waals surface area contributed by atoms with E-state index in [1.54, 1.807) is 0 Å². The van der Waals surface area contributed by atoms with Crippen molar-refractivity contribution in [2.24, 2.45) is 0 Å². The molecule has 1 heterocycles. The molecule has 0 aliphatic carbocycles. The van der Waals surface area contributed by atoms with Crippen molar-refractivity contribution in [1.29, 1.82) is 0 Å². The van der Waals surface area contributed by atoms with E-state index in [1.807, 2.05) is 0 Å². The van der Waals surface area contributed by atoms with Crippen LogP contribution >= 0.6 is 0 Å². The van der Waals surface area contributed by atoms with Crippen molar-refractivity contribution in [1.82, 2.24) is 0 Å². The van der Waals surface area contributed by atoms with Crippen LogP contribution in [0, 0.1) is 0 Å². The lowest BCUT2D eigenvalue weighted by atomic mass is 10.1. The van der Waals surface area contributed by atoms with Gasteiger partial charge in [-0.1, -0.05) is 0 Å². The van der Waals surface area contributed by atoms with Crippen LogP contribution in [0.2, 0.25) is 0 Å². The second-order valence-corrected chi connectivity index (χ2v) is 4.36. The first kappa shape index (κ1) is 14.9. The maximum Gasteiger partial charge on any atom is 0.418 e. The molecule has 0 unspecified atom stereocenters. The second kappa shape index (κ2) is 5.88. The third-order valence-corrected chi connectivity index (χ3v) is 2.82. The minimum absolute atomic E-state index is 0.0608. The quantitative estimate of drug-likeness (QED) is 0.756. The van der Waals surface area contributed by atoms with E-state index in [2.05, 4.69) is 0 Å². The average molecular weight is 292 g/mol. The molecule has 1 aromatic carbocycles. The third kappa shape index (κ3) is 3.77. The largest absolute Gasteiger partial charge is 0.497 e. The molecule has 20 heavy (non-hydrogen) atoms. The molecule has 2 rings (SSSR count). The lowest BCUT2D eigenvalue weighted by Gasteiger charge is -2.22. The SMILES string of the molecule is COc1cc(OC)cc([C@H](OC[C@H]2CO2)C(F)(F)F)c1. The van der Waals surface area contributed by atoms with Crippen LogP contribution in [-0.4, -0.2) is 39.7 Å². The van der Waals surface area contributed by atoms with Gasteiger partial charge in [-0.15, -0.1) is 0 Å². The van der Waals surface area contributed by atoms with Crippen LogP contribution in [-0.2, 0) is 9.47 Å². The number of hydrogen-bond donors (Lipinski definition) is 0. The first-order valence-electron chi connectivity index (χ1n) is 5.97. The molecular weight excluding hydrogens is 277 g/mol. The van der Waals surface area contributed by atoms with Crippen LogP contribution in [0.1, 0.15) is 11.7 Å². The van der Waals surface area contributed by atoms with Gasteiger partial charge in [0.1, 0.15) is 17.6 Å². The first-order chi connectivity index (χ1) is 9.44. The van der Waals surface area contributed by atoms with Gasteiger partial charge >= 0.3 is 6.18 Å². The molecule has 0 N–H and O–H groups in total. The lowest BCUT2D eigenvalue weighted by molar-refractivity contribution is -0.224. The molecule has 1 aromatic rings. The molecule has 0 radical (unpaired) electrons. The van der Waals surface area contributed by atoms with Crippen molar-refractivity contribution >= 4 is 0 Å². The van der Waals surface area contributed by atoms with Crippen LogP contribution in [0.3, 0.4) is 0 Å². The van der Waals surface area contributed by atoms with Crippen LogP contribution in [0.15, 0.2) is 18.2 Å². The zero-order valence-corrected chi connectivity index (χ0v) is 11.1. The summed E-state index contributed by atoms with van der Waals surface area (Å²) in [4.78, 5) is 0. The van der Waals surface area contributed by atoms with Gasteiger partial charge in [0, 0.05) is 6.07 Å². The molecule has 0 bridgehead atoms. The van der Waals surface area contributed by atoms with Gasteiger partial charge < -0.3 is 18.9 Å². The molecule has 1 saturated heterocycles. The van der Waals surface area contributed by atoms with Crippen molar-refractivity contribution in [3.63, 3.8) is 0 Å². The standard InChI is InChI=1S/C13H15F3O4/c1-17-9-3-8(4-10(5-9)18-2)12(13(14,15)16)20-7-11-6-19-11/h3-5,11-12H,6-7H2,1-2H3/t11-,12+/m1/s1. The molecule has 0 amide bonds. The molecule has 1 fully saturated rings. The molecule has 1 aliphatic heterocycles. The first-order valence-corrected chi connectivity index (χ1v) is 5.97. The predicted molar refractivity (Wildman–Crippen MR) is 64.0 cm³/mol. The summed E-state index contributed by atoms with van der Waals surface area (Å²) in [5.41, 5.74) is -0.0608. The van der Waals surface area contributed by atoms with Crippen molar-refractivity contribution in [3.05, 3.63) is 23.8 Å². The maximum absolute atomic E-state index is 13.1. The van der Waals surface area contributed by atoms with Gasteiger partial charge in [0.25, 0.3) is 0 Å². The Hall–Kier alpha value is -1.47. The number of rotatable bonds is 6. The zero-order valence-electron chi connectivity index (χ0n) is 11.1. The normalized spacial score (nSPS) is 19.6. The van der Waals surface area contributed by atoms with Crippen molar-refractivity contribution < 1.29 is 32.1 Å². The van der Waals surface area contributed by atoms with Gasteiger partial charge in [-0.25, -0.2) is 0 Å². The average Bonchev–Trinajstić information content (AvgIpc) is 3.21. The fourth-order valence-electron chi connectivity index (χ4n) is 1.73. The van der Waals surface area contributed by atoms with Crippen LogP contribution in [0.25, 0.3) is 0 Å². The molecule has 7 heteroatoms. The smallest absolute Gasteiger partial charge is 0.418 e. The third-order valence-electron chi connectivity index (χ3n) is 2.82. The van der Waals surface area contributed by atoms with Crippen molar-refractivity contribution in [2.45, 2.75) is 18.4 Å². The summed E-state index contributed by atoms with van der Waals surface area (Å²) in [6.45, 7) is 0.343. The van der Waals surface area contributed by atoms with Gasteiger partial charge in [-0.2, -0.15) is 13.2 Å². The van der Waals surface area contributed by atoms with Gasteiger partial charge in [0.05, 0.1) is 27.4 Å². The fourth-order valence-corrected chi connectivity index (χ4v) is 1.73. The highest BCUT2D eigenvalue weighted by Gasteiger charge is 2.43. The minimum Gasteiger partial charge on any atom is -0.497 e. The van der Waals surface area contributed by atoms with E-state index in [0.29, 0.717) is 6.61 Å². The van der Waals surface area contributed by atoms with E-state index in [1.165, 1.54) is 32.4 Å². The van der Waals surface area contributed by atoms with E-state index < -0.39 is 12.3 Å². The number of benzene rings is 1. The van der Waals surface area contributed by atoms with E-state index in [-0.39, 0.29) is 29.8 Å². The zero-order chi connectivity index (χ0) is 14.8. The van der Waals surface area contributed by atoms with E-state index in [9.17, 15) is 13.2 Å². The van der Waals surface area contributed by atoms with E-state index >= 15 is 0 Å². The maximum atomic E-state index is 13.1. The highest BCUT2D eigenvalue weighted by Crippen LogP contribution is 2.39. The van der Waals surface area contributed by atoms with Crippen LogP contribution in [0.5, 0.6) is 11.5 Å². The van der Waals surface area contributed by atoms with Crippen molar-refractivity contribution in [2.75, 3.05) is 27.4 Å². The Bertz CT molecular complexity index is 435. The number of ether oxygens (including phenoxy) is 4. The number of epoxide rings is 1. The molecule has 1 aliphatic rings. The van der Waals surface area contributed by atoms with Gasteiger partial charge in [0.15, 0.2) is 6.10 Å². The van der Waals surface area contributed by atoms with E-state index in [4.69, 9.17) is 18.9 Å². The molecule has 4 nitrogen and oxygen atoms in total. The Labute approximate surface area is 114 Å². The number of alkyl halides is 3. The monoisotopic (exact) mass is 292 g/mol. The summed E-state index contributed by atoms with van der Waals surface area (Å²) >= 11 is 0. The number of methoxy groups -OCH3 is 2. The summed E-state index contributed by atoms with van der Waals surface area (Å²) in [6, 6.07) is 4.07. The highest BCUT2D eigenvalue weighted by atomic mass is 19.4. The predicted octanol–water partition coefficient (Wildman–Crippen LogP) is 2.72. The van der Waals surface area contributed by atoms with Crippen molar-refractivity contribution in [3.8, 4) is 11.5 Å². The molecule has 0 spiro atoms. The summed E-state index contributed by atoms with van der Waals surface area (Å²) < 4.78 is 59.1. The molecule has 112 valence electrons. The Morgan fingerprint density at radius 1 is 1.20 bits per heavy atom. The second-order valence-electron chi connectivity index (χ2n) is 4.36. The van der Waals surface area contributed by atoms with E-state index in [0.717, 1.165) is 0 Å². The Morgan fingerprint density at radius 2 is 1.75 bits per heavy atom. The topological polar surface area (TPSA) is 40.2 Å². The minimum atomic E-state index is -4.52. The van der Waals surface area contributed by atoms with Crippen LogP contribution < -0.4 is 9.47 Å². The van der Waals surface area contributed by atoms with Gasteiger partial charge in [-0.05, 0) is 17.7 Å².